The van der Waals surface area contributed by atoms with E-state index in [0.717, 1.165) is 19.3 Å². The molecule has 0 spiro atoms. The van der Waals surface area contributed by atoms with E-state index < -0.39 is 23.8 Å². The highest BCUT2D eigenvalue weighted by Crippen LogP contribution is 2.19. The number of anilines is 1. The Labute approximate surface area is 178 Å². The topological polar surface area (TPSA) is 93.7 Å². The van der Waals surface area contributed by atoms with Crippen LogP contribution in [-0.4, -0.2) is 36.2 Å². The lowest BCUT2D eigenvalue weighted by molar-refractivity contribution is -0.129. The van der Waals surface area contributed by atoms with Crippen molar-refractivity contribution >= 4 is 23.7 Å². The molecule has 30 heavy (non-hydrogen) atoms. The average molecular weight is 417 g/mol. The zero-order valence-corrected chi connectivity index (χ0v) is 18.2. The van der Waals surface area contributed by atoms with E-state index in [-0.39, 0.29) is 11.5 Å². The molecule has 2 rings (SSSR count). The third-order valence-corrected chi connectivity index (χ3v) is 4.55. The largest absolute Gasteiger partial charge is 0.449 e. The highest BCUT2D eigenvalue weighted by atomic mass is 16.6. The maximum atomic E-state index is 12.3. The first kappa shape index (κ1) is 23.4. The van der Waals surface area contributed by atoms with Gasteiger partial charge in [0.2, 0.25) is 0 Å². The van der Waals surface area contributed by atoms with Gasteiger partial charge in [-0.25, -0.2) is 9.59 Å². The number of carbonyl (C=O) groups is 3. The molecule has 1 aliphatic rings. The summed E-state index contributed by atoms with van der Waals surface area (Å²) in [7, 11) is 0. The second-order valence-electron chi connectivity index (χ2n) is 8.40. The predicted molar refractivity (Wildman–Crippen MR) is 115 cm³/mol. The number of nitrogens with one attached hydrogen (secondary N) is 2. The van der Waals surface area contributed by atoms with Crippen molar-refractivity contribution < 1.29 is 23.9 Å². The van der Waals surface area contributed by atoms with E-state index in [1.54, 1.807) is 39.8 Å². The number of hydrogen-bond acceptors (Lipinski definition) is 5. The van der Waals surface area contributed by atoms with Gasteiger partial charge in [-0.15, -0.1) is 0 Å². The Kier molecular flexibility index (Phi) is 8.45. The van der Waals surface area contributed by atoms with E-state index in [0.29, 0.717) is 12.2 Å². The molecule has 0 saturated carbocycles. The van der Waals surface area contributed by atoms with Gasteiger partial charge in [-0.1, -0.05) is 11.6 Å². The Morgan fingerprint density at radius 1 is 1.10 bits per heavy atom. The second-order valence-corrected chi connectivity index (χ2v) is 8.40. The van der Waals surface area contributed by atoms with E-state index in [1.165, 1.54) is 30.5 Å². The van der Waals surface area contributed by atoms with E-state index in [9.17, 15) is 14.4 Å². The summed E-state index contributed by atoms with van der Waals surface area (Å²) in [6.07, 6.45) is 6.27. The summed E-state index contributed by atoms with van der Waals surface area (Å²) in [5.74, 6) is -0.917. The molecule has 0 unspecified atom stereocenters. The number of carbonyl (C=O) groups excluding carboxylic acids is 3. The number of allylic oxidation sites excluding steroid dienone is 1. The molecule has 0 bridgehead atoms. The van der Waals surface area contributed by atoms with Gasteiger partial charge in [-0.2, -0.15) is 0 Å². The van der Waals surface area contributed by atoms with E-state index in [1.807, 2.05) is 0 Å². The van der Waals surface area contributed by atoms with E-state index >= 15 is 0 Å². The molecule has 164 valence electrons. The molecule has 0 radical (unpaired) electrons. The van der Waals surface area contributed by atoms with E-state index in [2.05, 4.69) is 16.7 Å². The second kappa shape index (κ2) is 10.8. The number of rotatable bonds is 7. The van der Waals surface area contributed by atoms with Crippen LogP contribution in [0.1, 0.15) is 70.2 Å². The summed E-state index contributed by atoms with van der Waals surface area (Å²) in [6.45, 7) is 7.41. The van der Waals surface area contributed by atoms with Gasteiger partial charge in [0.25, 0.3) is 5.91 Å². The molecule has 0 saturated heterocycles. The summed E-state index contributed by atoms with van der Waals surface area (Å²) in [5, 5.41) is 5.41. The third kappa shape index (κ3) is 8.27. The monoisotopic (exact) mass is 416 g/mol. The lowest BCUT2D eigenvalue weighted by Crippen LogP contribution is -2.36. The maximum Gasteiger partial charge on any atom is 0.412 e. The molecule has 0 fully saturated rings. The lowest BCUT2D eigenvalue weighted by Gasteiger charge is -2.19. The van der Waals surface area contributed by atoms with Gasteiger partial charge in [0, 0.05) is 12.2 Å². The van der Waals surface area contributed by atoms with Crippen LogP contribution in [0.2, 0.25) is 0 Å². The third-order valence-electron chi connectivity index (χ3n) is 4.55. The summed E-state index contributed by atoms with van der Waals surface area (Å²) in [6, 6.07) is 6.19. The maximum absolute atomic E-state index is 12.3. The van der Waals surface area contributed by atoms with Gasteiger partial charge in [0.05, 0.1) is 5.56 Å². The van der Waals surface area contributed by atoms with Crippen LogP contribution in [0.15, 0.2) is 35.9 Å². The smallest absolute Gasteiger partial charge is 0.412 e. The number of esters is 1. The van der Waals surface area contributed by atoms with Crippen LogP contribution in [0.4, 0.5) is 10.5 Å². The van der Waals surface area contributed by atoms with Crippen molar-refractivity contribution in [2.75, 3.05) is 11.9 Å². The molecule has 2 N–H and O–H groups in total. The molecule has 1 aliphatic carbocycles. The van der Waals surface area contributed by atoms with Crippen LogP contribution in [0.5, 0.6) is 0 Å². The zero-order chi connectivity index (χ0) is 22.1. The quantitative estimate of drug-likeness (QED) is 0.501. The van der Waals surface area contributed by atoms with Crippen LogP contribution in [-0.2, 0) is 14.3 Å². The number of benzene rings is 1. The Morgan fingerprint density at radius 3 is 2.40 bits per heavy atom. The highest BCUT2D eigenvalue weighted by molar-refractivity contribution is 5.93. The first-order valence-corrected chi connectivity index (χ1v) is 10.4. The van der Waals surface area contributed by atoms with Crippen molar-refractivity contribution in [3.63, 3.8) is 0 Å². The van der Waals surface area contributed by atoms with Gasteiger partial charge in [0.1, 0.15) is 5.60 Å². The summed E-state index contributed by atoms with van der Waals surface area (Å²) < 4.78 is 10.4. The van der Waals surface area contributed by atoms with Gasteiger partial charge < -0.3 is 14.8 Å². The van der Waals surface area contributed by atoms with Crippen molar-refractivity contribution in [2.24, 2.45) is 0 Å². The molecule has 0 aromatic heterocycles. The summed E-state index contributed by atoms with van der Waals surface area (Å²) in [5.41, 5.74) is 1.56. The minimum atomic E-state index is -0.891. The molecule has 1 aromatic rings. The molecule has 7 heteroatoms. The van der Waals surface area contributed by atoms with Crippen molar-refractivity contribution in [1.29, 1.82) is 0 Å². The highest BCUT2D eigenvalue weighted by Gasteiger charge is 2.19. The molecule has 2 amide bonds. The SMILES string of the molecule is C[C@@H](OC(=O)c1ccc(NC(=O)OC(C)(C)C)cc1)C(=O)NCCC1=CCCCC1. The Balaban J connectivity index is 1.78. The standard InChI is InChI=1S/C23H32N2O5/c1-16(20(26)24-15-14-17-8-6-5-7-9-17)29-21(27)18-10-12-19(13-11-18)25-22(28)30-23(2,3)4/h8,10-13,16H,5-7,9,14-15H2,1-4H3,(H,24,26)(H,25,28)/t16-/m1/s1. The fraction of sp³-hybridized carbons (Fsp3) is 0.522. The molecule has 7 nitrogen and oxygen atoms in total. The van der Waals surface area contributed by atoms with Crippen molar-refractivity contribution in [3.05, 3.63) is 41.5 Å². The fourth-order valence-corrected chi connectivity index (χ4v) is 3.01. The predicted octanol–water partition coefficient (Wildman–Crippen LogP) is 4.59. The van der Waals surface area contributed by atoms with Crippen LogP contribution >= 0.6 is 0 Å². The van der Waals surface area contributed by atoms with Gasteiger partial charge >= 0.3 is 12.1 Å². The minimum Gasteiger partial charge on any atom is -0.449 e. The Bertz CT molecular complexity index is 778. The fourth-order valence-electron chi connectivity index (χ4n) is 3.01. The van der Waals surface area contributed by atoms with Crippen molar-refractivity contribution in [1.82, 2.24) is 5.32 Å². The zero-order valence-electron chi connectivity index (χ0n) is 18.2. The average Bonchev–Trinajstić information content (AvgIpc) is 2.67. The van der Waals surface area contributed by atoms with Crippen LogP contribution in [0.25, 0.3) is 0 Å². The molecular weight excluding hydrogens is 384 g/mol. The molecule has 1 atom stereocenters. The van der Waals surface area contributed by atoms with Gasteiger partial charge in [0.15, 0.2) is 6.10 Å². The summed E-state index contributed by atoms with van der Waals surface area (Å²) in [4.78, 5) is 36.2. The Hall–Kier alpha value is -2.83. The lowest BCUT2D eigenvalue weighted by atomic mass is 9.97. The van der Waals surface area contributed by atoms with Gasteiger partial charge in [-0.05, 0) is 84.1 Å². The number of ether oxygens (including phenoxy) is 2. The molecule has 1 aromatic carbocycles. The number of hydrogen-bond donors (Lipinski definition) is 2. The molecule has 0 heterocycles. The first-order valence-electron chi connectivity index (χ1n) is 10.4. The number of amides is 2. The Morgan fingerprint density at radius 2 is 1.80 bits per heavy atom. The first-order chi connectivity index (χ1) is 14.1. The molecular formula is C23H32N2O5. The summed E-state index contributed by atoms with van der Waals surface area (Å²) >= 11 is 0. The van der Waals surface area contributed by atoms with Crippen LogP contribution in [0, 0.1) is 0 Å². The molecule has 0 aliphatic heterocycles. The van der Waals surface area contributed by atoms with Gasteiger partial charge in [-0.3, -0.25) is 10.1 Å². The van der Waals surface area contributed by atoms with E-state index in [4.69, 9.17) is 9.47 Å². The van der Waals surface area contributed by atoms with Crippen molar-refractivity contribution in [3.8, 4) is 0 Å². The van der Waals surface area contributed by atoms with Crippen LogP contribution in [0.3, 0.4) is 0 Å². The minimum absolute atomic E-state index is 0.289. The normalized spacial score (nSPS) is 14.9. The van der Waals surface area contributed by atoms with Crippen LogP contribution < -0.4 is 10.6 Å². The van der Waals surface area contributed by atoms with Crippen molar-refractivity contribution in [2.45, 2.75) is 71.5 Å².